The van der Waals surface area contributed by atoms with Crippen molar-refractivity contribution in [1.29, 1.82) is 0 Å². The summed E-state index contributed by atoms with van der Waals surface area (Å²) in [7, 11) is 1.43. The highest BCUT2D eigenvalue weighted by atomic mass is 19.4. The van der Waals surface area contributed by atoms with Crippen LogP contribution in [-0.4, -0.2) is 23.6 Å². The minimum atomic E-state index is -4.47. The summed E-state index contributed by atoms with van der Waals surface area (Å²) in [5, 5.41) is 0. The molecule has 2 aromatic carbocycles. The van der Waals surface area contributed by atoms with E-state index >= 15 is 0 Å². The summed E-state index contributed by atoms with van der Waals surface area (Å²) in [6.45, 7) is -0.159. The van der Waals surface area contributed by atoms with Crippen molar-refractivity contribution in [3.05, 3.63) is 71.3 Å². The van der Waals surface area contributed by atoms with Gasteiger partial charge in [0.05, 0.1) is 5.56 Å². The second kappa shape index (κ2) is 7.96. The molecule has 0 saturated heterocycles. The third-order valence-electron chi connectivity index (χ3n) is 3.82. The van der Waals surface area contributed by atoms with Crippen molar-refractivity contribution in [3.8, 4) is 0 Å². The number of Topliss-reactive ketones (excluding diaryl/α,β-unsaturated/α-hetero) is 1. The summed E-state index contributed by atoms with van der Waals surface area (Å²) in [5.41, 5.74) is -0.212. The zero-order valence-corrected chi connectivity index (χ0v) is 13.7. The Morgan fingerprint density at radius 2 is 1.52 bits per heavy atom. The number of halogens is 3. The lowest BCUT2D eigenvalue weighted by atomic mass is 10.1. The van der Waals surface area contributed by atoms with Crippen LogP contribution in [0.2, 0.25) is 0 Å². The molecule has 6 heteroatoms. The van der Waals surface area contributed by atoms with Gasteiger partial charge in [-0.1, -0.05) is 48.5 Å². The SMILES string of the molecule is CN(Cc1ccccc1C(F)(F)F)C(=O)CCC(=O)c1ccccc1. The van der Waals surface area contributed by atoms with Gasteiger partial charge >= 0.3 is 6.18 Å². The van der Waals surface area contributed by atoms with Crippen molar-refractivity contribution >= 4 is 11.7 Å². The van der Waals surface area contributed by atoms with Gasteiger partial charge in [0.25, 0.3) is 0 Å². The molecule has 132 valence electrons. The van der Waals surface area contributed by atoms with Gasteiger partial charge in [-0.05, 0) is 11.6 Å². The summed E-state index contributed by atoms with van der Waals surface area (Å²) < 4.78 is 39.0. The van der Waals surface area contributed by atoms with E-state index in [2.05, 4.69) is 0 Å². The Morgan fingerprint density at radius 1 is 0.920 bits per heavy atom. The Bertz CT molecular complexity index is 742. The molecule has 2 aromatic rings. The minimum Gasteiger partial charge on any atom is -0.341 e. The standard InChI is InChI=1S/C19H18F3NO2/c1-23(13-15-9-5-6-10-16(15)19(20,21)22)18(25)12-11-17(24)14-7-3-2-4-8-14/h2-10H,11-13H2,1H3. The number of carbonyl (C=O) groups excluding carboxylic acids is 2. The molecule has 2 rings (SSSR count). The average Bonchev–Trinajstić information content (AvgIpc) is 2.59. The Morgan fingerprint density at radius 3 is 2.16 bits per heavy atom. The van der Waals surface area contributed by atoms with E-state index in [9.17, 15) is 22.8 Å². The number of nitrogens with zero attached hydrogens (tertiary/aromatic N) is 1. The van der Waals surface area contributed by atoms with Crippen molar-refractivity contribution in [3.63, 3.8) is 0 Å². The van der Waals surface area contributed by atoms with E-state index < -0.39 is 11.7 Å². The van der Waals surface area contributed by atoms with E-state index in [-0.39, 0.29) is 36.6 Å². The molecule has 25 heavy (non-hydrogen) atoms. The van der Waals surface area contributed by atoms with E-state index in [0.29, 0.717) is 5.56 Å². The van der Waals surface area contributed by atoms with Crippen molar-refractivity contribution in [2.24, 2.45) is 0 Å². The maximum absolute atomic E-state index is 13.0. The molecule has 0 bridgehead atoms. The Kier molecular flexibility index (Phi) is 5.96. The van der Waals surface area contributed by atoms with Crippen LogP contribution in [0.5, 0.6) is 0 Å². The first-order chi connectivity index (χ1) is 11.8. The zero-order valence-electron chi connectivity index (χ0n) is 13.7. The highest BCUT2D eigenvalue weighted by Gasteiger charge is 2.33. The molecule has 0 aliphatic rings. The molecule has 0 spiro atoms. The van der Waals surface area contributed by atoms with Crippen LogP contribution in [0.3, 0.4) is 0 Å². The fourth-order valence-electron chi connectivity index (χ4n) is 2.46. The third-order valence-corrected chi connectivity index (χ3v) is 3.82. The second-order valence-electron chi connectivity index (χ2n) is 5.69. The summed E-state index contributed by atoms with van der Waals surface area (Å²) >= 11 is 0. The molecule has 0 atom stereocenters. The molecule has 3 nitrogen and oxygen atoms in total. The second-order valence-corrected chi connectivity index (χ2v) is 5.69. The first-order valence-electron chi connectivity index (χ1n) is 7.76. The largest absolute Gasteiger partial charge is 0.416 e. The number of benzene rings is 2. The fourth-order valence-corrected chi connectivity index (χ4v) is 2.46. The van der Waals surface area contributed by atoms with Crippen LogP contribution in [0, 0.1) is 0 Å². The topological polar surface area (TPSA) is 37.4 Å². The molecule has 0 aliphatic heterocycles. The number of ketones is 1. The van der Waals surface area contributed by atoms with Gasteiger partial charge < -0.3 is 4.90 Å². The number of rotatable bonds is 6. The number of amides is 1. The molecule has 0 unspecified atom stereocenters. The number of alkyl halides is 3. The molecule has 1 amide bonds. The highest BCUT2D eigenvalue weighted by Crippen LogP contribution is 2.32. The quantitative estimate of drug-likeness (QED) is 0.728. The van der Waals surface area contributed by atoms with Crippen molar-refractivity contribution in [2.75, 3.05) is 7.05 Å². The zero-order chi connectivity index (χ0) is 18.4. The van der Waals surface area contributed by atoms with Crippen LogP contribution in [0.25, 0.3) is 0 Å². The number of hydrogen-bond acceptors (Lipinski definition) is 2. The van der Waals surface area contributed by atoms with E-state index in [1.165, 1.54) is 30.1 Å². The molecule has 0 radical (unpaired) electrons. The smallest absolute Gasteiger partial charge is 0.341 e. The Labute approximate surface area is 144 Å². The van der Waals surface area contributed by atoms with Gasteiger partial charge in [-0.25, -0.2) is 0 Å². The molecule has 0 aromatic heterocycles. The Hall–Kier alpha value is -2.63. The molecular formula is C19H18F3NO2. The van der Waals surface area contributed by atoms with Gasteiger partial charge in [0, 0.05) is 32.0 Å². The summed E-state index contributed by atoms with van der Waals surface area (Å²) in [5.74, 6) is -0.542. The normalized spacial score (nSPS) is 11.2. The van der Waals surface area contributed by atoms with E-state index in [0.717, 1.165) is 6.07 Å². The monoisotopic (exact) mass is 349 g/mol. The summed E-state index contributed by atoms with van der Waals surface area (Å²) in [6, 6.07) is 13.7. The van der Waals surface area contributed by atoms with Gasteiger partial charge in [-0.3, -0.25) is 9.59 Å². The van der Waals surface area contributed by atoms with Crippen LogP contribution < -0.4 is 0 Å². The Balaban J connectivity index is 1.96. The van der Waals surface area contributed by atoms with Gasteiger partial charge in [0.15, 0.2) is 5.78 Å². The maximum atomic E-state index is 13.0. The first-order valence-corrected chi connectivity index (χ1v) is 7.76. The van der Waals surface area contributed by atoms with Gasteiger partial charge in [-0.15, -0.1) is 0 Å². The maximum Gasteiger partial charge on any atom is 0.416 e. The van der Waals surface area contributed by atoms with Gasteiger partial charge in [0.1, 0.15) is 0 Å². The van der Waals surface area contributed by atoms with Crippen molar-refractivity contribution in [2.45, 2.75) is 25.6 Å². The lowest BCUT2D eigenvalue weighted by molar-refractivity contribution is -0.139. The van der Waals surface area contributed by atoms with Gasteiger partial charge in [-0.2, -0.15) is 13.2 Å². The lowest BCUT2D eigenvalue weighted by Crippen LogP contribution is -2.27. The van der Waals surface area contributed by atoms with Crippen molar-refractivity contribution < 1.29 is 22.8 Å². The van der Waals surface area contributed by atoms with Crippen LogP contribution in [0.4, 0.5) is 13.2 Å². The average molecular weight is 349 g/mol. The van der Waals surface area contributed by atoms with Crippen LogP contribution in [0.15, 0.2) is 54.6 Å². The van der Waals surface area contributed by atoms with Crippen LogP contribution >= 0.6 is 0 Å². The molecule has 0 heterocycles. The lowest BCUT2D eigenvalue weighted by Gasteiger charge is -2.20. The van der Waals surface area contributed by atoms with Gasteiger partial charge in [0.2, 0.25) is 5.91 Å². The van der Waals surface area contributed by atoms with E-state index in [4.69, 9.17) is 0 Å². The summed E-state index contributed by atoms with van der Waals surface area (Å²) in [6.07, 6.45) is -4.49. The number of hydrogen-bond donors (Lipinski definition) is 0. The highest BCUT2D eigenvalue weighted by molar-refractivity contribution is 5.97. The predicted molar refractivity (Wildman–Crippen MR) is 87.9 cm³/mol. The first kappa shape index (κ1) is 18.7. The van der Waals surface area contributed by atoms with E-state index in [1.807, 2.05) is 0 Å². The fraction of sp³-hybridized carbons (Fsp3) is 0.263. The molecule has 0 aliphatic carbocycles. The molecule has 0 N–H and O–H groups in total. The van der Waals surface area contributed by atoms with E-state index in [1.54, 1.807) is 30.3 Å². The number of carbonyl (C=O) groups is 2. The van der Waals surface area contributed by atoms with Crippen molar-refractivity contribution in [1.82, 2.24) is 4.90 Å². The van der Waals surface area contributed by atoms with Crippen LogP contribution in [-0.2, 0) is 17.5 Å². The molecule has 0 saturated carbocycles. The predicted octanol–water partition coefficient (Wildman–Crippen LogP) is 4.33. The molecule has 0 fully saturated rings. The minimum absolute atomic E-state index is 0.0219. The van der Waals surface area contributed by atoms with Crippen LogP contribution in [0.1, 0.15) is 34.3 Å². The third kappa shape index (κ3) is 5.17. The summed E-state index contributed by atoms with van der Waals surface area (Å²) in [4.78, 5) is 25.3. The molecular weight excluding hydrogens is 331 g/mol.